The maximum absolute atomic E-state index is 10.1. The van der Waals surface area contributed by atoms with Gasteiger partial charge in [0.25, 0.3) is 0 Å². The van der Waals surface area contributed by atoms with Crippen LogP contribution in [0.3, 0.4) is 0 Å². The van der Waals surface area contributed by atoms with E-state index in [2.05, 4.69) is 0 Å². The van der Waals surface area contributed by atoms with E-state index in [1.54, 1.807) is 0 Å². The Morgan fingerprint density at radius 2 is 2.20 bits per heavy atom. The number of nitrogens with two attached hydrogens (primary N) is 2. The minimum absolute atomic E-state index is 0. The molecule has 0 aliphatic carbocycles. The number of hydrogen-bond donors (Lipinski definition) is 3. The summed E-state index contributed by atoms with van der Waals surface area (Å²) in [5, 5.41) is 12.8. The Labute approximate surface area is 73.5 Å². The zero-order chi connectivity index (χ0) is 7.44. The van der Waals surface area contributed by atoms with E-state index in [0.29, 0.717) is 0 Å². The van der Waals surface area contributed by atoms with Gasteiger partial charge in [-0.2, -0.15) is 0 Å². The molecule has 0 aromatic carbocycles. The number of carboxylic acids is 1. The Balaban J connectivity index is 0. The fourth-order valence-electron chi connectivity index (χ4n) is 0.255. The molecule has 5 N–H and O–H groups in total. The molecule has 1 unspecified atom stereocenters. The summed E-state index contributed by atoms with van der Waals surface area (Å²) in [7, 11) is 0. The molecule has 60 valence electrons. The molecule has 0 saturated heterocycles. The molecule has 0 fully saturated rings. The van der Waals surface area contributed by atoms with Gasteiger partial charge in [0, 0.05) is 0 Å². The molecule has 0 radical (unpaired) electrons. The lowest BCUT2D eigenvalue weighted by molar-refractivity contribution is -0.136. The average molecular weight is 229 g/mol. The summed E-state index contributed by atoms with van der Waals surface area (Å²) in [4.78, 5) is 10.1. The van der Waals surface area contributed by atoms with Gasteiger partial charge < -0.3 is 22.1 Å². The number of rotatable bonds is 2. The minimum Gasteiger partial charge on any atom is -1.00 e. The van der Waals surface area contributed by atoms with Crippen LogP contribution in [0.2, 0.25) is 0 Å². The van der Waals surface area contributed by atoms with E-state index in [4.69, 9.17) is 16.2 Å². The molecule has 10 heavy (non-hydrogen) atoms. The van der Waals surface area contributed by atoms with Crippen LogP contribution in [0.1, 0.15) is 6.92 Å². The van der Waals surface area contributed by atoms with Gasteiger partial charge in [-0.25, -0.2) is 0 Å². The first-order valence-electron chi connectivity index (χ1n) is 2.31. The summed E-state index contributed by atoms with van der Waals surface area (Å²) in [6.45, 7) is 1.52. The number of amidine groups is 1. The third kappa shape index (κ3) is 5.90. The van der Waals surface area contributed by atoms with Crippen molar-refractivity contribution in [3.8, 4) is 0 Å². The topological polar surface area (TPSA) is 88.9 Å². The fourth-order valence-corrected chi connectivity index (χ4v) is 0.764. The highest BCUT2D eigenvalue weighted by molar-refractivity contribution is 8.14. The largest absolute Gasteiger partial charge is 1.00 e. The fraction of sp³-hybridized carbons (Fsp3) is 0.500. The summed E-state index contributed by atoms with van der Waals surface area (Å²) in [5.41, 5.74) is 5.03. The summed E-state index contributed by atoms with van der Waals surface area (Å²) >= 11 is 0.935. The lowest BCUT2D eigenvalue weighted by Crippen LogP contribution is -3.00. The van der Waals surface area contributed by atoms with Gasteiger partial charge in [-0.3, -0.25) is 15.9 Å². The van der Waals surface area contributed by atoms with Crippen LogP contribution in [0.15, 0.2) is 0 Å². The number of halogens is 1. The zero-order valence-corrected chi connectivity index (χ0v) is 7.78. The summed E-state index contributed by atoms with van der Waals surface area (Å²) < 4.78 is 0. The Bertz CT molecular complexity index is 141. The standard InChI is InChI=1S/C4H8N2O2S.BrH/c1-2(3(7)8)9-4(5)6;/h2H,1H3,(H3,5,6)(H,7,8);1H. The molecule has 0 aromatic heterocycles. The summed E-state index contributed by atoms with van der Waals surface area (Å²) in [5.74, 6) is -0.909. The second-order valence-corrected chi connectivity index (χ2v) is 2.91. The predicted octanol–water partition coefficient (Wildman–Crippen LogP) is -4.73. The molecular formula is C4H9BrN2O2S. The van der Waals surface area contributed by atoms with E-state index in [9.17, 15) is 4.79 Å². The van der Waals surface area contributed by atoms with Crippen LogP contribution in [-0.2, 0) is 4.79 Å². The molecule has 0 spiro atoms. The van der Waals surface area contributed by atoms with Gasteiger partial charge in [-0.05, 0) is 18.7 Å². The first kappa shape index (κ1) is 12.4. The molecular weight excluding hydrogens is 220 g/mol. The van der Waals surface area contributed by atoms with Gasteiger partial charge in [0.2, 0.25) is 0 Å². The summed E-state index contributed by atoms with van der Waals surface area (Å²) in [6.07, 6.45) is 0. The Kier molecular flexibility index (Phi) is 6.90. The van der Waals surface area contributed by atoms with E-state index in [0.717, 1.165) is 11.8 Å². The first-order chi connectivity index (χ1) is 4.04. The Morgan fingerprint density at radius 1 is 1.80 bits per heavy atom. The Morgan fingerprint density at radius 3 is 2.30 bits per heavy atom. The number of carbonyl (C=O) groups is 1. The minimum atomic E-state index is -0.909. The van der Waals surface area contributed by atoms with Crippen LogP contribution in [-0.4, -0.2) is 21.5 Å². The number of hydrogen-bond acceptors (Lipinski definition) is 2. The molecule has 0 bridgehead atoms. The molecule has 0 saturated carbocycles. The van der Waals surface area contributed by atoms with Crippen LogP contribution in [0, 0.1) is 0 Å². The van der Waals surface area contributed by atoms with E-state index in [1.165, 1.54) is 6.92 Å². The zero-order valence-electron chi connectivity index (χ0n) is 5.37. The van der Waals surface area contributed by atoms with Crippen LogP contribution >= 0.6 is 11.8 Å². The molecule has 0 aliphatic heterocycles. The van der Waals surface area contributed by atoms with Crippen LogP contribution in [0.4, 0.5) is 0 Å². The molecule has 4 nitrogen and oxygen atoms in total. The van der Waals surface area contributed by atoms with E-state index < -0.39 is 11.2 Å². The second kappa shape index (κ2) is 5.55. The van der Waals surface area contributed by atoms with Gasteiger partial charge >= 0.3 is 11.1 Å². The number of aliphatic carboxylic acids is 1. The van der Waals surface area contributed by atoms with Gasteiger partial charge in [0.15, 0.2) is 0 Å². The number of carboxylic acid groups (broad SMARTS) is 1. The number of thioether (sulfide) groups is 1. The molecule has 6 heteroatoms. The van der Waals surface area contributed by atoms with E-state index in [-0.39, 0.29) is 22.1 Å². The van der Waals surface area contributed by atoms with Crippen molar-refractivity contribution in [2.24, 2.45) is 5.73 Å². The SMILES string of the molecule is CC(SC(N)=[NH2+])C(=O)O.[Br-]. The molecule has 0 heterocycles. The van der Waals surface area contributed by atoms with Crippen LogP contribution in [0.25, 0.3) is 0 Å². The molecule has 0 aromatic rings. The third-order valence-electron chi connectivity index (χ3n) is 0.661. The maximum Gasteiger partial charge on any atom is 0.316 e. The first-order valence-corrected chi connectivity index (χ1v) is 3.19. The lowest BCUT2D eigenvalue weighted by atomic mass is 10.5. The van der Waals surface area contributed by atoms with Crippen LogP contribution < -0.4 is 28.1 Å². The van der Waals surface area contributed by atoms with Crippen molar-refractivity contribution in [3.05, 3.63) is 0 Å². The van der Waals surface area contributed by atoms with Crippen molar-refractivity contribution in [3.63, 3.8) is 0 Å². The summed E-state index contributed by atoms with van der Waals surface area (Å²) in [6, 6.07) is 0. The van der Waals surface area contributed by atoms with Gasteiger partial charge in [0.05, 0.1) is 0 Å². The Hall–Kier alpha value is -0.230. The average Bonchev–Trinajstić information content (AvgIpc) is 1.63. The highest BCUT2D eigenvalue weighted by Crippen LogP contribution is 2.06. The smallest absolute Gasteiger partial charge is 0.316 e. The molecule has 0 rings (SSSR count). The van der Waals surface area contributed by atoms with Crippen molar-refractivity contribution >= 4 is 22.9 Å². The third-order valence-corrected chi connectivity index (χ3v) is 1.49. The van der Waals surface area contributed by atoms with Crippen molar-refractivity contribution in [2.45, 2.75) is 12.2 Å². The monoisotopic (exact) mass is 228 g/mol. The van der Waals surface area contributed by atoms with Crippen molar-refractivity contribution < 1.29 is 32.3 Å². The maximum atomic E-state index is 10.1. The second-order valence-electron chi connectivity index (χ2n) is 1.50. The lowest BCUT2D eigenvalue weighted by Gasteiger charge is -1.97. The van der Waals surface area contributed by atoms with Gasteiger partial charge in [0.1, 0.15) is 5.25 Å². The highest BCUT2D eigenvalue weighted by atomic mass is 79.9. The van der Waals surface area contributed by atoms with Crippen molar-refractivity contribution in [2.75, 3.05) is 0 Å². The highest BCUT2D eigenvalue weighted by Gasteiger charge is 2.14. The van der Waals surface area contributed by atoms with Gasteiger partial charge in [-0.1, -0.05) is 0 Å². The van der Waals surface area contributed by atoms with E-state index in [1.807, 2.05) is 0 Å². The van der Waals surface area contributed by atoms with Crippen LogP contribution in [0.5, 0.6) is 0 Å². The molecule has 0 amide bonds. The quantitative estimate of drug-likeness (QED) is 0.328. The molecule has 1 atom stereocenters. The normalized spacial score (nSPS) is 11.3. The van der Waals surface area contributed by atoms with Crippen molar-refractivity contribution in [1.29, 1.82) is 0 Å². The predicted molar refractivity (Wildman–Crippen MR) is 35.8 cm³/mol. The van der Waals surface area contributed by atoms with Gasteiger partial charge in [-0.15, -0.1) is 0 Å². The molecule has 0 aliphatic rings. The van der Waals surface area contributed by atoms with E-state index >= 15 is 0 Å². The van der Waals surface area contributed by atoms with Crippen molar-refractivity contribution in [1.82, 2.24) is 0 Å².